The molecule has 1 aliphatic rings. The molecule has 0 atom stereocenters. The third-order valence-electron chi connectivity index (χ3n) is 1.88. The molecular weight excluding hydrogens is 188 g/mol. The minimum Gasteiger partial charge on any atom is -0.423 e. The van der Waals surface area contributed by atoms with Crippen LogP contribution in [0.25, 0.3) is 5.76 Å². The number of ether oxygens (including phenoxy) is 1. The van der Waals surface area contributed by atoms with Gasteiger partial charge in [0.1, 0.15) is 5.76 Å². The summed E-state index contributed by atoms with van der Waals surface area (Å²) in [6.07, 6.45) is 1.69. The average molecular weight is 195 g/mol. The van der Waals surface area contributed by atoms with Gasteiger partial charge >= 0.3 is 5.97 Å². The van der Waals surface area contributed by atoms with E-state index in [0.717, 1.165) is 5.56 Å². The van der Waals surface area contributed by atoms with Crippen molar-refractivity contribution in [3.63, 3.8) is 0 Å². The third-order valence-corrected chi connectivity index (χ3v) is 2.03. The van der Waals surface area contributed by atoms with Gasteiger partial charge < -0.3 is 4.74 Å². The fraction of sp³-hybridized carbons (Fsp3) is 0.100. The topological polar surface area (TPSA) is 26.3 Å². The fourth-order valence-corrected chi connectivity index (χ4v) is 1.45. The number of fused-ring (bicyclic) bond motifs is 1. The lowest BCUT2D eigenvalue weighted by molar-refractivity contribution is 0.0715. The number of esters is 1. The molecule has 0 unspecified atom stereocenters. The van der Waals surface area contributed by atoms with Gasteiger partial charge in [0.05, 0.1) is 5.56 Å². The summed E-state index contributed by atoms with van der Waals surface area (Å²) in [6, 6.07) is 7.26. The van der Waals surface area contributed by atoms with E-state index in [-0.39, 0.29) is 5.97 Å². The molecular formula is C10H7ClO2. The monoisotopic (exact) mass is 194 g/mol. The van der Waals surface area contributed by atoms with Gasteiger partial charge in [-0.25, -0.2) is 4.79 Å². The molecule has 0 radical (unpaired) electrons. The van der Waals surface area contributed by atoms with E-state index in [1.165, 1.54) is 0 Å². The zero-order valence-corrected chi connectivity index (χ0v) is 7.54. The molecule has 0 fully saturated rings. The molecule has 0 bridgehead atoms. The Hall–Kier alpha value is -1.28. The lowest BCUT2D eigenvalue weighted by Crippen LogP contribution is -1.92. The Kier molecular flexibility index (Phi) is 2.07. The zero-order chi connectivity index (χ0) is 9.26. The van der Waals surface area contributed by atoms with Crippen molar-refractivity contribution in [2.75, 3.05) is 5.88 Å². The predicted octanol–water partition coefficient (Wildman–Crippen LogP) is 2.44. The first-order valence-electron chi connectivity index (χ1n) is 3.90. The molecule has 0 aliphatic carbocycles. The van der Waals surface area contributed by atoms with Crippen molar-refractivity contribution in [1.29, 1.82) is 0 Å². The zero-order valence-electron chi connectivity index (χ0n) is 6.79. The van der Waals surface area contributed by atoms with Crippen LogP contribution < -0.4 is 0 Å². The molecule has 2 rings (SSSR count). The molecule has 0 saturated carbocycles. The van der Waals surface area contributed by atoms with Crippen LogP contribution in [-0.2, 0) is 4.74 Å². The SMILES string of the molecule is O=C1OC(=CCCl)c2ccccc21. The first-order chi connectivity index (χ1) is 6.33. The maximum absolute atomic E-state index is 11.2. The van der Waals surface area contributed by atoms with Crippen LogP contribution in [0.1, 0.15) is 15.9 Å². The fourth-order valence-electron chi connectivity index (χ4n) is 1.31. The second-order valence-electron chi connectivity index (χ2n) is 2.66. The van der Waals surface area contributed by atoms with Crippen molar-refractivity contribution < 1.29 is 9.53 Å². The van der Waals surface area contributed by atoms with E-state index >= 15 is 0 Å². The highest BCUT2D eigenvalue weighted by Gasteiger charge is 2.24. The van der Waals surface area contributed by atoms with Crippen LogP contribution in [0.4, 0.5) is 0 Å². The maximum Gasteiger partial charge on any atom is 0.344 e. The largest absolute Gasteiger partial charge is 0.423 e. The summed E-state index contributed by atoms with van der Waals surface area (Å²) in [6.45, 7) is 0. The molecule has 3 heteroatoms. The molecule has 2 nitrogen and oxygen atoms in total. The van der Waals surface area contributed by atoms with Crippen molar-refractivity contribution in [2.45, 2.75) is 0 Å². The summed E-state index contributed by atoms with van der Waals surface area (Å²) < 4.78 is 5.01. The maximum atomic E-state index is 11.2. The Labute approximate surface area is 80.8 Å². The molecule has 1 aromatic carbocycles. The molecule has 13 heavy (non-hydrogen) atoms. The second-order valence-corrected chi connectivity index (χ2v) is 2.97. The number of carbonyl (C=O) groups is 1. The standard InChI is InChI=1S/C10H7ClO2/c11-6-5-9-7-3-1-2-4-8(7)10(12)13-9/h1-5H,6H2. The van der Waals surface area contributed by atoms with E-state index in [1.54, 1.807) is 12.1 Å². The van der Waals surface area contributed by atoms with Gasteiger partial charge in [0.2, 0.25) is 0 Å². The molecule has 0 aromatic heterocycles. The number of rotatable bonds is 1. The molecule has 0 N–H and O–H groups in total. The molecule has 0 spiro atoms. The van der Waals surface area contributed by atoms with Gasteiger partial charge in [-0.05, 0) is 12.1 Å². The Morgan fingerprint density at radius 3 is 2.69 bits per heavy atom. The van der Waals surface area contributed by atoms with Gasteiger partial charge in [-0.2, -0.15) is 0 Å². The predicted molar refractivity (Wildman–Crippen MR) is 50.6 cm³/mol. The second kappa shape index (κ2) is 3.23. The molecule has 1 aliphatic heterocycles. The first kappa shape index (κ1) is 8.32. The van der Waals surface area contributed by atoms with E-state index in [0.29, 0.717) is 17.2 Å². The van der Waals surface area contributed by atoms with Crippen LogP contribution in [0.15, 0.2) is 30.3 Å². The summed E-state index contributed by atoms with van der Waals surface area (Å²) in [5.74, 6) is 0.610. The lowest BCUT2D eigenvalue weighted by atomic mass is 10.1. The van der Waals surface area contributed by atoms with Gasteiger partial charge in [-0.3, -0.25) is 0 Å². The van der Waals surface area contributed by atoms with E-state index in [9.17, 15) is 4.79 Å². The summed E-state index contributed by atoms with van der Waals surface area (Å²) in [5.41, 5.74) is 1.44. The normalized spacial score (nSPS) is 17.3. The summed E-state index contributed by atoms with van der Waals surface area (Å²) in [7, 11) is 0. The van der Waals surface area contributed by atoms with E-state index in [2.05, 4.69) is 0 Å². The number of hydrogen-bond acceptors (Lipinski definition) is 2. The Balaban J connectivity index is 2.53. The van der Waals surface area contributed by atoms with Gasteiger partial charge in [0.25, 0.3) is 0 Å². The lowest BCUT2D eigenvalue weighted by Gasteiger charge is -1.94. The minimum absolute atomic E-state index is 0.299. The van der Waals surface area contributed by atoms with Crippen molar-refractivity contribution in [3.8, 4) is 0 Å². The van der Waals surface area contributed by atoms with E-state index < -0.39 is 0 Å². The molecule has 1 aromatic rings. The quantitative estimate of drug-likeness (QED) is 0.507. The highest BCUT2D eigenvalue weighted by molar-refractivity contribution is 6.19. The van der Waals surface area contributed by atoms with Gasteiger partial charge in [-0.15, -0.1) is 11.6 Å². The van der Waals surface area contributed by atoms with Crippen LogP contribution in [0.5, 0.6) is 0 Å². The van der Waals surface area contributed by atoms with Gasteiger partial charge in [0, 0.05) is 11.4 Å². The number of alkyl halides is 1. The Bertz CT molecular complexity index is 382. The summed E-state index contributed by atoms with van der Waals surface area (Å²) >= 11 is 5.53. The van der Waals surface area contributed by atoms with Crippen molar-refractivity contribution in [3.05, 3.63) is 41.5 Å². The number of benzene rings is 1. The van der Waals surface area contributed by atoms with Crippen LogP contribution in [-0.4, -0.2) is 11.8 Å². The smallest absolute Gasteiger partial charge is 0.344 e. The molecule has 1 heterocycles. The van der Waals surface area contributed by atoms with Crippen LogP contribution in [0.2, 0.25) is 0 Å². The van der Waals surface area contributed by atoms with Crippen LogP contribution >= 0.6 is 11.6 Å². The molecule has 0 amide bonds. The summed E-state index contributed by atoms with van der Waals surface area (Å²) in [4.78, 5) is 11.2. The molecule has 66 valence electrons. The third kappa shape index (κ3) is 1.33. The van der Waals surface area contributed by atoms with Crippen LogP contribution in [0, 0.1) is 0 Å². The van der Waals surface area contributed by atoms with Crippen LogP contribution in [0.3, 0.4) is 0 Å². The Morgan fingerprint density at radius 1 is 1.31 bits per heavy atom. The first-order valence-corrected chi connectivity index (χ1v) is 4.44. The summed E-state index contributed by atoms with van der Waals surface area (Å²) in [5, 5.41) is 0. The molecule has 0 saturated heterocycles. The number of halogens is 1. The van der Waals surface area contributed by atoms with Gasteiger partial charge in [-0.1, -0.05) is 18.2 Å². The number of cyclic esters (lactones) is 1. The van der Waals surface area contributed by atoms with Crippen molar-refractivity contribution >= 4 is 23.3 Å². The van der Waals surface area contributed by atoms with Gasteiger partial charge in [0.15, 0.2) is 0 Å². The Morgan fingerprint density at radius 2 is 2.00 bits per heavy atom. The highest BCUT2D eigenvalue weighted by Crippen LogP contribution is 2.28. The van der Waals surface area contributed by atoms with Crippen molar-refractivity contribution in [2.24, 2.45) is 0 Å². The average Bonchev–Trinajstić information content (AvgIpc) is 2.46. The highest BCUT2D eigenvalue weighted by atomic mass is 35.5. The number of carbonyl (C=O) groups excluding carboxylic acids is 1. The minimum atomic E-state index is -0.299. The van der Waals surface area contributed by atoms with E-state index in [4.69, 9.17) is 16.3 Å². The number of hydrogen-bond donors (Lipinski definition) is 0. The van der Waals surface area contributed by atoms with Crippen molar-refractivity contribution in [1.82, 2.24) is 0 Å². The number of allylic oxidation sites excluding steroid dienone is 1. The van der Waals surface area contributed by atoms with E-state index in [1.807, 2.05) is 18.2 Å².